The fourth-order valence-electron chi connectivity index (χ4n) is 2.16. The lowest BCUT2D eigenvalue weighted by atomic mass is 10.2. The van der Waals surface area contributed by atoms with Crippen LogP contribution in [0.3, 0.4) is 0 Å². The molecule has 0 fully saturated rings. The average Bonchev–Trinajstić information content (AvgIpc) is 3.22. The lowest BCUT2D eigenvalue weighted by Gasteiger charge is -2.09. The topological polar surface area (TPSA) is 51.0 Å². The first kappa shape index (κ1) is 17.2. The lowest BCUT2D eigenvalue weighted by molar-refractivity contribution is -0.137. The third-order valence-corrected chi connectivity index (χ3v) is 4.23. The molecule has 2 aromatic heterocycles. The van der Waals surface area contributed by atoms with Crippen molar-refractivity contribution in [1.82, 2.24) is 19.7 Å². The monoisotopic (exact) mass is 366 g/mol. The summed E-state index contributed by atoms with van der Waals surface area (Å²) in [5.74, 6) is -0.186. The van der Waals surface area contributed by atoms with E-state index in [2.05, 4.69) is 10.1 Å². The first-order valence-electron chi connectivity index (χ1n) is 7.17. The fourth-order valence-corrected chi connectivity index (χ4v) is 2.86. The van der Waals surface area contributed by atoms with E-state index in [0.29, 0.717) is 10.7 Å². The van der Waals surface area contributed by atoms with Gasteiger partial charge in [-0.25, -0.2) is 9.67 Å². The second-order valence-corrected chi connectivity index (χ2v) is 6.34. The molecule has 3 aromatic rings. The first-order chi connectivity index (χ1) is 11.8. The van der Waals surface area contributed by atoms with Gasteiger partial charge in [0.05, 0.1) is 16.1 Å². The van der Waals surface area contributed by atoms with E-state index in [-0.39, 0.29) is 11.5 Å². The Balaban J connectivity index is 2.16. The van der Waals surface area contributed by atoms with Crippen molar-refractivity contribution in [3.05, 3.63) is 53.2 Å². The molecule has 0 unspecified atom stereocenters. The Labute approximate surface area is 145 Å². The van der Waals surface area contributed by atoms with E-state index in [1.807, 2.05) is 5.38 Å². The number of aromatic nitrogens is 3. The minimum absolute atomic E-state index is 0.0780. The van der Waals surface area contributed by atoms with Crippen LogP contribution in [0.4, 0.5) is 13.2 Å². The zero-order valence-corrected chi connectivity index (χ0v) is 14.1. The molecule has 0 radical (unpaired) electrons. The van der Waals surface area contributed by atoms with Gasteiger partial charge in [-0.1, -0.05) is 12.1 Å². The van der Waals surface area contributed by atoms with Gasteiger partial charge in [0.15, 0.2) is 5.82 Å². The smallest absolute Gasteiger partial charge is 0.342 e. The van der Waals surface area contributed by atoms with E-state index >= 15 is 0 Å². The molecule has 0 bridgehead atoms. The van der Waals surface area contributed by atoms with Gasteiger partial charge in [-0.3, -0.25) is 4.79 Å². The second kappa shape index (κ2) is 6.32. The summed E-state index contributed by atoms with van der Waals surface area (Å²) in [6.07, 6.45) is -4.47. The van der Waals surface area contributed by atoms with Crippen LogP contribution < -0.4 is 0 Å². The molecular formula is C16H13F3N4OS. The van der Waals surface area contributed by atoms with Crippen LogP contribution in [-0.4, -0.2) is 39.7 Å². The molecular weight excluding hydrogens is 353 g/mol. The fraction of sp³-hybridized carbons (Fsp3) is 0.188. The Morgan fingerprint density at radius 3 is 2.56 bits per heavy atom. The second-order valence-electron chi connectivity index (χ2n) is 5.40. The van der Waals surface area contributed by atoms with Gasteiger partial charge in [0.1, 0.15) is 0 Å². The SMILES string of the molecule is CN(C)C(=O)c1nc(-c2cccs2)n(-c2cccc(C(F)(F)F)c2)n1. The molecule has 0 aliphatic carbocycles. The molecule has 0 aliphatic rings. The Hall–Kier alpha value is -2.68. The zero-order chi connectivity index (χ0) is 18.2. The van der Waals surface area contributed by atoms with Crippen molar-refractivity contribution in [2.24, 2.45) is 0 Å². The van der Waals surface area contributed by atoms with Crippen LogP contribution in [0.5, 0.6) is 0 Å². The van der Waals surface area contributed by atoms with Crippen molar-refractivity contribution in [3.8, 4) is 16.4 Å². The molecule has 25 heavy (non-hydrogen) atoms. The molecule has 130 valence electrons. The van der Waals surface area contributed by atoms with Gasteiger partial charge in [-0.15, -0.1) is 16.4 Å². The van der Waals surface area contributed by atoms with Crippen LogP contribution in [0.15, 0.2) is 41.8 Å². The summed E-state index contributed by atoms with van der Waals surface area (Å²) in [4.78, 5) is 18.4. The number of hydrogen-bond donors (Lipinski definition) is 0. The number of hydrogen-bond acceptors (Lipinski definition) is 4. The van der Waals surface area contributed by atoms with Gasteiger partial charge >= 0.3 is 6.18 Å². The maximum absolute atomic E-state index is 13.0. The number of nitrogens with zero attached hydrogens (tertiary/aromatic N) is 4. The molecule has 0 saturated carbocycles. The van der Waals surface area contributed by atoms with Crippen molar-refractivity contribution >= 4 is 17.2 Å². The maximum Gasteiger partial charge on any atom is 0.416 e. The number of carbonyl (C=O) groups excluding carboxylic acids is 1. The van der Waals surface area contributed by atoms with Crippen molar-refractivity contribution in [1.29, 1.82) is 0 Å². The minimum atomic E-state index is -4.47. The molecule has 1 amide bonds. The summed E-state index contributed by atoms with van der Waals surface area (Å²) < 4.78 is 40.2. The molecule has 2 heterocycles. The predicted octanol–water partition coefficient (Wildman–Crippen LogP) is 3.72. The van der Waals surface area contributed by atoms with Gasteiger partial charge in [0.2, 0.25) is 5.82 Å². The standard InChI is InChI=1S/C16H13F3N4OS/c1-22(2)15(24)13-20-14(12-7-4-8-25-12)23(21-13)11-6-3-5-10(9-11)16(17,18)19/h3-9H,1-2H3. The Kier molecular flexibility index (Phi) is 4.34. The van der Waals surface area contributed by atoms with Crippen LogP contribution in [0.2, 0.25) is 0 Å². The van der Waals surface area contributed by atoms with Crippen molar-refractivity contribution in [3.63, 3.8) is 0 Å². The van der Waals surface area contributed by atoms with Crippen LogP contribution in [0.1, 0.15) is 16.2 Å². The Bertz CT molecular complexity index is 900. The van der Waals surface area contributed by atoms with E-state index in [1.54, 1.807) is 26.2 Å². The highest BCUT2D eigenvalue weighted by Gasteiger charge is 2.31. The molecule has 0 N–H and O–H groups in total. The van der Waals surface area contributed by atoms with Crippen LogP contribution in [0, 0.1) is 0 Å². The first-order valence-corrected chi connectivity index (χ1v) is 8.05. The van der Waals surface area contributed by atoms with Gasteiger partial charge < -0.3 is 4.90 Å². The number of carbonyl (C=O) groups is 1. The summed E-state index contributed by atoms with van der Waals surface area (Å²) in [7, 11) is 3.11. The normalized spacial score (nSPS) is 11.6. The predicted molar refractivity (Wildman–Crippen MR) is 87.7 cm³/mol. The minimum Gasteiger partial charge on any atom is -0.342 e. The molecule has 5 nitrogen and oxygen atoms in total. The number of alkyl halides is 3. The van der Waals surface area contributed by atoms with Gasteiger partial charge in [-0.2, -0.15) is 13.2 Å². The molecule has 1 aromatic carbocycles. The van der Waals surface area contributed by atoms with E-state index in [0.717, 1.165) is 12.1 Å². The summed E-state index contributed by atoms with van der Waals surface area (Å²) in [5, 5.41) is 5.95. The van der Waals surface area contributed by atoms with E-state index in [9.17, 15) is 18.0 Å². The molecule has 3 rings (SSSR count). The Morgan fingerprint density at radius 1 is 1.20 bits per heavy atom. The highest BCUT2D eigenvalue weighted by atomic mass is 32.1. The quantitative estimate of drug-likeness (QED) is 0.710. The number of halogens is 3. The summed E-state index contributed by atoms with van der Waals surface area (Å²) in [6, 6.07) is 8.31. The number of thiophene rings is 1. The van der Waals surface area contributed by atoms with Crippen LogP contribution in [-0.2, 0) is 6.18 Å². The van der Waals surface area contributed by atoms with Crippen molar-refractivity contribution in [2.75, 3.05) is 14.1 Å². The highest BCUT2D eigenvalue weighted by Crippen LogP contribution is 2.32. The summed E-state index contributed by atoms with van der Waals surface area (Å²) in [5.41, 5.74) is -0.610. The molecule has 0 aliphatic heterocycles. The lowest BCUT2D eigenvalue weighted by Crippen LogP contribution is -2.23. The maximum atomic E-state index is 13.0. The van der Waals surface area contributed by atoms with Gasteiger partial charge in [0.25, 0.3) is 5.91 Å². The van der Waals surface area contributed by atoms with E-state index in [1.165, 1.54) is 33.1 Å². The highest BCUT2D eigenvalue weighted by molar-refractivity contribution is 7.13. The molecule has 0 saturated heterocycles. The molecule has 0 spiro atoms. The summed E-state index contributed by atoms with van der Waals surface area (Å²) in [6.45, 7) is 0. The van der Waals surface area contributed by atoms with Crippen LogP contribution >= 0.6 is 11.3 Å². The number of amides is 1. The van der Waals surface area contributed by atoms with Crippen LogP contribution in [0.25, 0.3) is 16.4 Å². The molecule has 0 atom stereocenters. The third kappa shape index (κ3) is 3.41. The zero-order valence-electron chi connectivity index (χ0n) is 13.3. The third-order valence-electron chi connectivity index (χ3n) is 3.36. The summed E-state index contributed by atoms with van der Waals surface area (Å²) >= 11 is 1.36. The van der Waals surface area contributed by atoms with Crippen molar-refractivity contribution in [2.45, 2.75) is 6.18 Å². The van der Waals surface area contributed by atoms with E-state index in [4.69, 9.17) is 0 Å². The van der Waals surface area contributed by atoms with Crippen molar-refractivity contribution < 1.29 is 18.0 Å². The van der Waals surface area contributed by atoms with Gasteiger partial charge in [0, 0.05) is 14.1 Å². The molecule has 9 heteroatoms. The Morgan fingerprint density at radius 2 is 1.96 bits per heavy atom. The average molecular weight is 366 g/mol. The number of rotatable bonds is 3. The largest absolute Gasteiger partial charge is 0.416 e. The number of benzene rings is 1. The van der Waals surface area contributed by atoms with Gasteiger partial charge in [-0.05, 0) is 29.6 Å². The van der Waals surface area contributed by atoms with E-state index < -0.39 is 17.6 Å².